The van der Waals surface area contributed by atoms with Gasteiger partial charge < -0.3 is 9.88 Å². The van der Waals surface area contributed by atoms with Crippen molar-refractivity contribution in [3.63, 3.8) is 0 Å². The van der Waals surface area contributed by atoms with Gasteiger partial charge in [-0.2, -0.15) is 0 Å². The highest BCUT2D eigenvalue weighted by atomic mass is 19.1. The number of aryl methyl sites for hydroxylation is 1. The van der Waals surface area contributed by atoms with Gasteiger partial charge in [0.2, 0.25) is 5.78 Å². The van der Waals surface area contributed by atoms with E-state index < -0.39 is 22.3 Å². The molecule has 7 nitrogen and oxygen atoms in total. The first kappa shape index (κ1) is 19.2. The normalized spacial score (nSPS) is 10.7. The van der Waals surface area contributed by atoms with Gasteiger partial charge in [0.05, 0.1) is 4.92 Å². The number of ketones is 1. The zero-order chi connectivity index (χ0) is 20.3. The highest BCUT2D eigenvalue weighted by molar-refractivity contribution is 6.07. The van der Waals surface area contributed by atoms with Gasteiger partial charge in [0.25, 0.3) is 5.69 Å². The van der Waals surface area contributed by atoms with Crippen LogP contribution in [0.5, 0.6) is 0 Å². The third kappa shape index (κ3) is 4.03. The molecule has 0 amide bonds. The number of halogens is 2. The summed E-state index contributed by atoms with van der Waals surface area (Å²) in [6.07, 6.45) is 3.27. The topological polar surface area (TPSA) is 90.1 Å². The van der Waals surface area contributed by atoms with Crippen LogP contribution in [0.3, 0.4) is 0 Å². The Kier molecular flexibility index (Phi) is 5.44. The lowest BCUT2D eigenvalue weighted by atomic mass is 10.1. The van der Waals surface area contributed by atoms with Crippen LogP contribution in [0.2, 0.25) is 0 Å². The molecule has 1 heterocycles. The number of hydrogen-bond donors (Lipinski definition) is 1. The molecule has 0 aliphatic rings. The van der Waals surface area contributed by atoms with Crippen molar-refractivity contribution in [2.45, 2.75) is 6.42 Å². The number of nitrogens with one attached hydrogen (secondary N) is 1. The Hall–Kier alpha value is -3.62. The summed E-state index contributed by atoms with van der Waals surface area (Å²) in [6, 6.07) is 7.34. The molecule has 0 aliphatic carbocycles. The van der Waals surface area contributed by atoms with Gasteiger partial charge in [0, 0.05) is 43.7 Å². The maximum Gasteiger partial charge on any atom is 0.293 e. The van der Waals surface area contributed by atoms with Crippen molar-refractivity contribution >= 4 is 17.2 Å². The molecule has 9 heteroatoms. The highest BCUT2D eigenvalue weighted by Gasteiger charge is 2.20. The first-order valence-electron chi connectivity index (χ1n) is 8.35. The fraction of sp³-hybridized carbons (Fsp3) is 0.158. The molecule has 0 fully saturated rings. The van der Waals surface area contributed by atoms with E-state index in [-0.39, 0.29) is 41.3 Å². The summed E-state index contributed by atoms with van der Waals surface area (Å²) < 4.78 is 28.1. The molecule has 0 saturated heterocycles. The highest BCUT2D eigenvalue weighted by Crippen LogP contribution is 2.26. The lowest BCUT2D eigenvalue weighted by Gasteiger charge is -2.09. The van der Waals surface area contributed by atoms with Crippen LogP contribution in [-0.4, -0.2) is 26.8 Å². The van der Waals surface area contributed by atoms with Gasteiger partial charge in [-0.1, -0.05) is 6.07 Å². The van der Waals surface area contributed by atoms with Crippen molar-refractivity contribution < 1.29 is 18.5 Å². The summed E-state index contributed by atoms with van der Waals surface area (Å²) in [5.74, 6) is -1.61. The monoisotopic (exact) mass is 386 g/mol. The van der Waals surface area contributed by atoms with Crippen molar-refractivity contribution in [2.24, 2.45) is 7.05 Å². The van der Waals surface area contributed by atoms with Crippen LogP contribution in [0, 0.1) is 21.7 Å². The summed E-state index contributed by atoms with van der Waals surface area (Å²) in [7, 11) is 1.65. The Balaban J connectivity index is 1.77. The number of nitrogens with zero attached hydrogens (tertiary/aromatic N) is 3. The van der Waals surface area contributed by atoms with Crippen LogP contribution in [-0.2, 0) is 13.5 Å². The van der Waals surface area contributed by atoms with E-state index in [9.17, 15) is 23.7 Å². The van der Waals surface area contributed by atoms with Crippen molar-refractivity contribution in [1.29, 1.82) is 0 Å². The van der Waals surface area contributed by atoms with Gasteiger partial charge in [-0.3, -0.25) is 14.9 Å². The first-order valence-corrected chi connectivity index (χ1v) is 8.35. The second kappa shape index (κ2) is 7.95. The number of benzene rings is 2. The summed E-state index contributed by atoms with van der Waals surface area (Å²) in [4.78, 5) is 27.2. The molecular formula is C19H16F2N4O3. The van der Waals surface area contributed by atoms with E-state index in [1.54, 1.807) is 13.2 Å². The molecule has 0 unspecified atom stereocenters. The zero-order valence-electron chi connectivity index (χ0n) is 14.9. The predicted molar refractivity (Wildman–Crippen MR) is 98.3 cm³/mol. The third-order valence-corrected chi connectivity index (χ3v) is 4.21. The maximum atomic E-state index is 13.7. The summed E-state index contributed by atoms with van der Waals surface area (Å²) in [5, 5.41) is 14.3. The minimum absolute atomic E-state index is 0.135. The van der Waals surface area contributed by atoms with Crippen molar-refractivity contribution in [1.82, 2.24) is 9.55 Å². The lowest BCUT2D eigenvalue weighted by Crippen LogP contribution is -2.11. The van der Waals surface area contributed by atoms with Gasteiger partial charge in [0.1, 0.15) is 17.3 Å². The quantitative estimate of drug-likeness (QED) is 0.381. The van der Waals surface area contributed by atoms with E-state index in [1.165, 1.54) is 35.0 Å². The molecular weight excluding hydrogens is 370 g/mol. The number of anilines is 1. The Labute approximate surface area is 158 Å². The SMILES string of the molecule is Cn1ccnc1C(=O)c1ccc(NCCc2ccc(F)cc2F)c([N+](=O)[O-])c1. The van der Waals surface area contributed by atoms with E-state index in [0.717, 1.165) is 12.1 Å². The number of carbonyl (C=O) groups is 1. The number of carbonyl (C=O) groups excluding carboxylic acids is 1. The molecule has 0 atom stereocenters. The van der Waals surface area contributed by atoms with Crippen molar-refractivity contribution in [3.8, 4) is 0 Å². The minimum atomic E-state index is -0.674. The molecule has 0 bridgehead atoms. The molecule has 2 aromatic carbocycles. The average Bonchev–Trinajstić information content (AvgIpc) is 3.09. The predicted octanol–water partition coefficient (Wildman–Crippen LogP) is 3.49. The molecule has 1 aromatic heterocycles. The van der Waals surface area contributed by atoms with Crippen LogP contribution < -0.4 is 5.32 Å². The van der Waals surface area contributed by atoms with E-state index >= 15 is 0 Å². The van der Waals surface area contributed by atoms with E-state index in [0.29, 0.717) is 0 Å². The molecule has 0 radical (unpaired) electrons. The van der Waals surface area contributed by atoms with Crippen LogP contribution in [0.4, 0.5) is 20.2 Å². The number of imidazole rings is 1. The fourth-order valence-electron chi connectivity index (χ4n) is 2.74. The van der Waals surface area contributed by atoms with Crippen LogP contribution >= 0.6 is 0 Å². The molecule has 28 heavy (non-hydrogen) atoms. The van der Waals surface area contributed by atoms with Crippen LogP contribution in [0.25, 0.3) is 0 Å². The van der Waals surface area contributed by atoms with Gasteiger partial charge in [0.15, 0.2) is 5.82 Å². The first-order chi connectivity index (χ1) is 13.4. The van der Waals surface area contributed by atoms with Crippen LogP contribution in [0.1, 0.15) is 21.7 Å². The van der Waals surface area contributed by atoms with Crippen molar-refractivity contribution in [3.05, 3.63) is 87.5 Å². The second-order valence-corrected chi connectivity index (χ2v) is 6.09. The second-order valence-electron chi connectivity index (χ2n) is 6.09. The Morgan fingerprint density at radius 1 is 1.25 bits per heavy atom. The molecule has 0 saturated carbocycles. The molecule has 3 rings (SSSR count). The molecule has 3 aromatic rings. The summed E-state index contributed by atoms with van der Waals surface area (Å²) >= 11 is 0. The Bertz CT molecular complexity index is 1050. The third-order valence-electron chi connectivity index (χ3n) is 4.21. The lowest BCUT2D eigenvalue weighted by molar-refractivity contribution is -0.384. The smallest absolute Gasteiger partial charge is 0.293 e. The number of hydrogen-bond acceptors (Lipinski definition) is 5. The zero-order valence-corrected chi connectivity index (χ0v) is 14.9. The summed E-state index contributed by atoms with van der Waals surface area (Å²) in [5.41, 5.74) is 0.345. The molecule has 0 aliphatic heterocycles. The fourth-order valence-corrected chi connectivity index (χ4v) is 2.74. The van der Waals surface area contributed by atoms with E-state index in [2.05, 4.69) is 10.3 Å². The number of nitro groups is 1. The molecule has 144 valence electrons. The van der Waals surface area contributed by atoms with Gasteiger partial charge in [-0.15, -0.1) is 0 Å². The number of nitro benzene ring substituents is 1. The maximum absolute atomic E-state index is 13.7. The van der Waals surface area contributed by atoms with Gasteiger partial charge in [-0.25, -0.2) is 13.8 Å². The van der Waals surface area contributed by atoms with Crippen LogP contribution in [0.15, 0.2) is 48.8 Å². The Morgan fingerprint density at radius 3 is 2.68 bits per heavy atom. The number of aromatic nitrogens is 2. The largest absolute Gasteiger partial charge is 0.379 e. The molecule has 0 spiro atoms. The van der Waals surface area contributed by atoms with E-state index in [1.807, 2.05) is 0 Å². The number of rotatable bonds is 7. The summed E-state index contributed by atoms with van der Waals surface area (Å²) in [6.45, 7) is 0.191. The van der Waals surface area contributed by atoms with E-state index in [4.69, 9.17) is 0 Å². The Morgan fingerprint density at radius 2 is 2.04 bits per heavy atom. The van der Waals surface area contributed by atoms with Gasteiger partial charge in [-0.05, 0) is 30.2 Å². The molecule has 1 N–H and O–H groups in total. The minimum Gasteiger partial charge on any atom is -0.379 e. The van der Waals surface area contributed by atoms with Crippen molar-refractivity contribution in [2.75, 3.05) is 11.9 Å². The standard InChI is InChI=1S/C19H16F2N4O3/c1-24-9-8-23-19(24)18(26)13-3-5-16(17(10-13)25(27)28)22-7-6-12-2-4-14(20)11-15(12)21/h2-5,8-11,22H,6-7H2,1H3. The average molecular weight is 386 g/mol. The van der Waals surface area contributed by atoms with Gasteiger partial charge >= 0.3 is 0 Å².